The molecule has 0 fully saturated rings. The van der Waals surface area contributed by atoms with E-state index in [2.05, 4.69) is 4.98 Å². The summed E-state index contributed by atoms with van der Waals surface area (Å²) in [6.45, 7) is -0.258. The second kappa shape index (κ2) is 3.29. The van der Waals surface area contributed by atoms with Gasteiger partial charge in [-0.25, -0.2) is 0 Å². The van der Waals surface area contributed by atoms with Crippen molar-refractivity contribution >= 4 is 0 Å². The molecule has 0 radical (unpaired) electrons. The molecule has 2 N–H and O–H groups in total. The smallest absolute Gasteiger partial charge is 0.104 e. The van der Waals surface area contributed by atoms with Crippen LogP contribution in [0.25, 0.3) is 0 Å². The van der Waals surface area contributed by atoms with Crippen molar-refractivity contribution in [3.8, 4) is 0 Å². The summed E-state index contributed by atoms with van der Waals surface area (Å²) < 4.78 is 0. The topological polar surface area (TPSA) is 53.4 Å². The third-order valence-corrected chi connectivity index (χ3v) is 1.24. The third kappa shape index (κ3) is 1.52. The molecule has 1 heterocycles. The first-order chi connectivity index (χ1) is 4.84. The van der Waals surface area contributed by atoms with E-state index in [-0.39, 0.29) is 6.61 Å². The van der Waals surface area contributed by atoms with Crippen molar-refractivity contribution in [1.82, 2.24) is 4.98 Å². The van der Waals surface area contributed by atoms with E-state index in [1.165, 1.54) is 6.20 Å². The molecular formula is C7H9NO2. The van der Waals surface area contributed by atoms with Crippen LogP contribution in [-0.4, -0.2) is 21.8 Å². The van der Waals surface area contributed by atoms with E-state index >= 15 is 0 Å². The van der Waals surface area contributed by atoms with Crippen molar-refractivity contribution in [2.75, 3.05) is 6.61 Å². The number of nitrogens with zero attached hydrogens (tertiary/aromatic N) is 1. The molecule has 0 bridgehead atoms. The molecule has 1 aromatic heterocycles. The zero-order valence-corrected chi connectivity index (χ0v) is 5.44. The highest BCUT2D eigenvalue weighted by Crippen LogP contribution is 2.08. The normalized spacial score (nSPS) is 13.0. The SMILES string of the molecule is OCC(O)c1cccnc1. The monoisotopic (exact) mass is 139 g/mol. The summed E-state index contributed by atoms with van der Waals surface area (Å²) in [6.07, 6.45) is 2.35. The van der Waals surface area contributed by atoms with Gasteiger partial charge in [-0.15, -0.1) is 0 Å². The number of rotatable bonds is 2. The van der Waals surface area contributed by atoms with Crippen LogP contribution in [0.5, 0.6) is 0 Å². The van der Waals surface area contributed by atoms with Crippen LogP contribution >= 0.6 is 0 Å². The Kier molecular flexibility index (Phi) is 2.36. The van der Waals surface area contributed by atoms with Crippen LogP contribution in [0, 0.1) is 0 Å². The van der Waals surface area contributed by atoms with Crippen LogP contribution in [0.3, 0.4) is 0 Å². The predicted molar refractivity (Wildman–Crippen MR) is 36.3 cm³/mol. The summed E-state index contributed by atoms with van der Waals surface area (Å²) in [6, 6.07) is 3.43. The largest absolute Gasteiger partial charge is 0.393 e. The Bertz CT molecular complexity index is 188. The van der Waals surface area contributed by atoms with Crippen molar-refractivity contribution in [2.24, 2.45) is 0 Å². The maximum absolute atomic E-state index is 9.04. The third-order valence-electron chi connectivity index (χ3n) is 1.24. The molecule has 3 nitrogen and oxygen atoms in total. The van der Waals surface area contributed by atoms with Gasteiger partial charge in [0.2, 0.25) is 0 Å². The predicted octanol–water partition coefficient (Wildman–Crippen LogP) is 0.107. The molecule has 10 heavy (non-hydrogen) atoms. The fourth-order valence-electron chi connectivity index (χ4n) is 0.678. The minimum Gasteiger partial charge on any atom is -0.393 e. The number of aromatic nitrogens is 1. The first kappa shape index (κ1) is 7.18. The Balaban J connectivity index is 2.75. The van der Waals surface area contributed by atoms with Gasteiger partial charge in [0.15, 0.2) is 0 Å². The van der Waals surface area contributed by atoms with E-state index in [4.69, 9.17) is 10.2 Å². The molecule has 3 heteroatoms. The fourth-order valence-corrected chi connectivity index (χ4v) is 0.678. The number of aliphatic hydroxyl groups excluding tert-OH is 2. The van der Waals surface area contributed by atoms with Gasteiger partial charge < -0.3 is 10.2 Å². The minimum absolute atomic E-state index is 0.258. The van der Waals surface area contributed by atoms with Crippen LogP contribution < -0.4 is 0 Å². The molecule has 54 valence electrons. The number of hydrogen-bond donors (Lipinski definition) is 2. The second-order valence-electron chi connectivity index (χ2n) is 1.98. The number of hydrogen-bond acceptors (Lipinski definition) is 3. The second-order valence-corrected chi connectivity index (χ2v) is 1.98. The van der Waals surface area contributed by atoms with Gasteiger partial charge in [0.1, 0.15) is 6.10 Å². The molecule has 1 atom stereocenters. The van der Waals surface area contributed by atoms with Crippen LogP contribution in [-0.2, 0) is 0 Å². The lowest BCUT2D eigenvalue weighted by molar-refractivity contribution is 0.0953. The Morgan fingerprint density at radius 2 is 2.40 bits per heavy atom. The van der Waals surface area contributed by atoms with Crippen molar-refractivity contribution in [3.05, 3.63) is 30.1 Å². The maximum atomic E-state index is 9.04. The Morgan fingerprint density at radius 3 is 2.90 bits per heavy atom. The summed E-state index contributed by atoms with van der Waals surface area (Å²) in [4.78, 5) is 3.78. The van der Waals surface area contributed by atoms with Crippen molar-refractivity contribution in [3.63, 3.8) is 0 Å². The fraction of sp³-hybridized carbons (Fsp3) is 0.286. The lowest BCUT2D eigenvalue weighted by Gasteiger charge is -2.04. The van der Waals surface area contributed by atoms with Gasteiger partial charge in [0, 0.05) is 18.0 Å². The van der Waals surface area contributed by atoms with Crippen molar-refractivity contribution in [1.29, 1.82) is 0 Å². The van der Waals surface area contributed by atoms with Crippen molar-refractivity contribution in [2.45, 2.75) is 6.10 Å². The summed E-state index contributed by atoms with van der Waals surface area (Å²) >= 11 is 0. The maximum Gasteiger partial charge on any atom is 0.104 e. The minimum atomic E-state index is -0.798. The Morgan fingerprint density at radius 1 is 1.60 bits per heavy atom. The molecule has 0 saturated carbocycles. The van der Waals surface area contributed by atoms with Gasteiger partial charge in [-0.2, -0.15) is 0 Å². The van der Waals surface area contributed by atoms with E-state index in [0.717, 1.165) is 0 Å². The average molecular weight is 139 g/mol. The summed E-state index contributed by atoms with van der Waals surface area (Å²) in [5.41, 5.74) is 0.644. The lowest BCUT2D eigenvalue weighted by atomic mass is 10.2. The van der Waals surface area contributed by atoms with E-state index in [0.29, 0.717) is 5.56 Å². The van der Waals surface area contributed by atoms with Gasteiger partial charge in [0.25, 0.3) is 0 Å². The molecule has 0 aliphatic rings. The number of aliphatic hydroxyl groups is 2. The van der Waals surface area contributed by atoms with Crippen LogP contribution in [0.1, 0.15) is 11.7 Å². The molecule has 0 aliphatic heterocycles. The highest BCUT2D eigenvalue weighted by molar-refractivity contribution is 5.11. The molecule has 0 spiro atoms. The molecule has 0 aliphatic carbocycles. The highest BCUT2D eigenvalue weighted by atomic mass is 16.3. The van der Waals surface area contributed by atoms with Crippen LogP contribution in [0.4, 0.5) is 0 Å². The summed E-state index contributed by atoms with van der Waals surface area (Å²) in [7, 11) is 0. The molecule has 0 aromatic carbocycles. The summed E-state index contributed by atoms with van der Waals surface area (Å²) in [5, 5.41) is 17.5. The standard InChI is InChI=1S/C7H9NO2/c9-5-7(10)6-2-1-3-8-4-6/h1-4,7,9-10H,5H2. The van der Waals surface area contributed by atoms with E-state index in [9.17, 15) is 0 Å². The highest BCUT2D eigenvalue weighted by Gasteiger charge is 2.02. The van der Waals surface area contributed by atoms with Gasteiger partial charge in [-0.05, 0) is 6.07 Å². The van der Waals surface area contributed by atoms with Crippen LogP contribution in [0.15, 0.2) is 24.5 Å². The zero-order valence-electron chi connectivity index (χ0n) is 5.44. The van der Waals surface area contributed by atoms with Gasteiger partial charge >= 0.3 is 0 Å². The first-order valence-electron chi connectivity index (χ1n) is 3.03. The molecule has 0 saturated heterocycles. The molecule has 0 amide bonds. The molecule has 1 aromatic rings. The van der Waals surface area contributed by atoms with E-state index in [1.54, 1.807) is 18.3 Å². The summed E-state index contributed by atoms with van der Waals surface area (Å²) in [5.74, 6) is 0. The molecule has 1 unspecified atom stereocenters. The molecule has 1 rings (SSSR count). The average Bonchev–Trinajstić information content (AvgIpc) is 2.05. The zero-order chi connectivity index (χ0) is 7.40. The first-order valence-corrected chi connectivity index (χ1v) is 3.03. The van der Waals surface area contributed by atoms with Gasteiger partial charge in [-0.1, -0.05) is 6.07 Å². The quantitative estimate of drug-likeness (QED) is 0.611. The Labute approximate surface area is 59.0 Å². The van der Waals surface area contributed by atoms with Crippen molar-refractivity contribution < 1.29 is 10.2 Å². The van der Waals surface area contributed by atoms with Gasteiger partial charge in [-0.3, -0.25) is 4.98 Å². The van der Waals surface area contributed by atoms with Crippen LogP contribution in [0.2, 0.25) is 0 Å². The van der Waals surface area contributed by atoms with Gasteiger partial charge in [0.05, 0.1) is 6.61 Å². The Hall–Kier alpha value is -0.930. The van der Waals surface area contributed by atoms with E-state index < -0.39 is 6.10 Å². The number of pyridine rings is 1. The van der Waals surface area contributed by atoms with E-state index in [1.807, 2.05) is 0 Å². The lowest BCUT2D eigenvalue weighted by Crippen LogP contribution is -2.01. The molecular weight excluding hydrogens is 130 g/mol.